The maximum atomic E-state index is 11.6. The predicted octanol–water partition coefficient (Wildman–Crippen LogP) is -0.167. The highest BCUT2D eigenvalue weighted by atomic mass is 16.2. The molecule has 0 aromatic carbocycles. The van der Waals surface area contributed by atoms with Gasteiger partial charge in [0, 0.05) is 7.05 Å². The molecule has 2 rings (SSSR count). The fourth-order valence-electron chi connectivity index (χ4n) is 1.54. The molecule has 1 fully saturated rings. The molecule has 0 saturated carbocycles. The van der Waals surface area contributed by atoms with Crippen LogP contribution in [0, 0.1) is 0 Å². The Morgan fingerprint density at radius 2 is 2.25 bits per heavy atom. The van der Waals surface area contributed by atoms with Gasteiger partial charge in [-0.1, -0.05) is 0 Å². The quantitative estimate of drug-likeness (QED) is 0.676. The Kier molecular flexibility index (Phi) is 2.47. The Hall–Kier alpha value is -2.11. The first-order valence-electron chi connectivity index (χ1n) is 4.86. The first kappa shape index (κ1) is 10.4. The van der Waals surface area contributed by atoms with Gasteiger partial charge in [0.15, 0.2) is 0 Å². The molecule has 6 heteroatoms. The summed E-state index contributed by atoms with van der Waals surface area (Å²) in [7, 11) is 1.47. The standard InChI is InChI=1S/C10H12N4O2/c1-14-9(15)4-7(10(14)16)13-8-3-2-6(11)5-12-8/h2-3,5,7H,4,11H2,1H3,(H,12,13). The number of likely N-dealkylation sites (tertiary alicyclic amines) is 1. The van der Waals surface area contributed by atoms with Crippen LogP contribution in [0.3, 0.4) is 0 Å². The fraction of sp³-hybridized carbons (Fsp3) is 0.300. The molecule has 3 N–H and O–H groups in total. The van der Waals surface area contributed by atoms with Gasteiger partial charge in [-0.2, -0.15) is 0 Å². The summed E-state index contributed by atoms with van der Waals surface area (Å²) in [5, 5.41) is 2.90. The molecule has 0 radical (unpaired) electrons. The van der Waals surface area contributed by atoms with E-state index in [-0.39, 0.29) is 18.2 Å². The van der Waals surface area contributed by atoms with E-state index in [1.807, 2.05) is 0 Å². The van der Waals surface area contributed by atoms with Gasteiger partial charge in [-0.05, 0) is 12.1 Å². The highest BCUT2D eigenvalue weighted by molar-refractivity contribution is 6.06. The second-order valence-corrected chi connectivity index (χ2v) is 3.67. The zero-order valence-corrected chi connectivity index (χ0v) is 8.80. The molecule has 1 saturated heterocycles. The molecule has 0 aliphatic carbocycles. The van der Waals surface area contributed by atoms with Crippen LogP contribution in [0.15, 0.2) is 18.3 Å². The van der Waals surface area contributed by atoms with E-state index in [1.54, 1.807) is 12.1 Å². The Morgan fingerprint density at radius 1 is 1.50 bits per heavy atom. The summed E-state index contributed by atoms with van der Waals surface area (Å²) in [6, 6.07) is 2.83. The van der Waals surface area contributed by atoms with Crippen molar-refractivity contribution < 1.29 is 9.59 Å². The smallest absolute Gasteiger partial charge is 0.251 e. The SMILES string of the molecule is CN1C(=O)CC(Nc2ccc(N)cn2)C1=O. The van der Waals surface area contributed by atoms with Crippen LogP contribution in [0.4, 0.5) is 11.5 Å². The molecule has 1 aromatic rings. The number of anilines is 2. The molecule has 0 spiro atoms. The van der Waals surface area contributed by atoms with Crippen LogP contribution in [-0.4, -0.2) is 34.8 Å². The third kappa shape index (κ3) is 1.81. The number of carbonyl (C=O) groups excluding carboxylic acids is 2. The molecular weight excluding hydrogens is 208 g/mol. The molecule has 1 aliphatic heterocycles. The van der Waals surface area contributed by atoms with Gasteiger partial charge in [0.2, 0.25) is 5.91 Å². The zero-order chi connectivity index (χ0) is 11.7. The molecule has 2 heterocycles. The summed E-state index contributed by atoms with van der Waals surface area (Å²) >= 11 is 0. The van der Waals surface area contributed by atoms with E-state index in [0.29, 0.717) is 11.5 Å². The lowest BCUT2D eigenvalue weighted by Crippen LogP contribution is -2.32. The summed E-state index contributed by atoms with van der Waals surface area (Å²) in [6.45, 7) is 0. The molecule has 84 valence electrons. The minimum absolute atomic E-state index is 0.168. The van der Waals surface area contributed by atoms with Crippen molar-refractivity contribution in [1.82, 2.24) is 9.88 Å². The van der Waals surface area contributed by atoms with Crippen LogP contribution in [-0.2, 0) is 9.59 Å². The van der Waals surface area contributed by atoms with Crippen molar-refractivity contribution in [3.8, 4) is 0 Å². The number of nitrogens with one attached hydrogen (secondary N) is 1. The lowest BCUT2D eigenvalue weighted by Gasteiger charge is -2.11. The molecule has 2 amide bonds. The highest BCUT2D eigenvalue weighted by Gasteiger charge is 2.35. The molecule has 16 heavy (non-hydrogen) atoms. The number of carbonyl (C=O) groups is 2. The summed E-state index contributed by atoms with van der Waals surface area (Å²) in [5.74, 6) is 0.122. The Labute approximate surface area is 92.4 Å². The monoisotopic (exact) mass is 220 g/mol. The van der Waals surface area contributed by atoms with Crippen LogP contribution in [0.1, 0.15) is 6.42 Å². The highest BCUT2D eigenvalue weighted by Crippen LogP contribution is 2.16. The van der Waals surface area contributed by atoms with E-state index in [9.17, 15) is 9.59 Å². The van der Waals surface area contributed by atoms with Gasteiger partial charge in [0.25, 0.3) is 5.91 Å². The number of amides is 2. The largest absolute Gasteiger partial charge is 0.397 e. The molecule has 1 atom stereocenters. The van der Waals surface area contributed by atoms with Crippen molar-refractivity contribution >= 4 is 23.3 Å². The van der Waals surface area contributed by atoms with Gasteiger partial charge in [-0.15, -0.1) is 0 Å². The van der Waals surface area contributed by atoms with Crippen LogP contribution < -0.4 is 11.1 Å². The van der Waals surface area contributed by atoms with E-state index < -0.39 is 6.04 Å². The average Bonchev–Trinajstić information content (AvgIpc) is 2.50. The van der Waals surface area contributed by atoms with Crippen molar-refractivity contribution in [1.29, 1.82) is 0 Å². The number of nitrogen functional groups attached to an aromatic ring is 1. The number of aromatic nitrogens is 1. The lowest BCUT2D eigenvalue weighted by atomic mass is 10.2. The topological polar surface area (TPSA) is 88.3 Å². The van der Waals surface area contributed by atoms with E-state index in [4.69, 9.17) is 5.73 Å². The predicted molar refractivity (Wildman–Crippen MR) is 58.5 cm³/mol. The minimum atomic E-state index is -0.520. The Bertz CT molecular complexity index is 429. The maximum Gasteiger partial charge on any atom is 0.251 e. The van der Waals surface area contributed by atoms with E-state index in [2.05, 4.69) is 10.3 Å². The van der Waals surface area contributed by atoms with Gasteiger partial charge >= 0.3 is 0 Å². The normalized spacial score (nSPS) is 20.3. The van der Waals surface area contributed by atoms with Crippen molar-refractivity contribution in [2.45, 2.75) is 12.5 Å². The Morgan fingerprint density at radius 3 is 2.75 bits per heavy atom. The summed E-state index contributed by atoms with van der Waals surface area (Å²) in [4.78, 5) is 28.0. The summed E-state index contributed by atoms with van der Waals surface area (Å²) in [6.07, 6.45) is 1.66. The second kappa shape index (κ2) is 3.80. The molecule has 0 bridgehead atoms. The number of hydrogen-bond acceptors (Lipinski definition) is 5. The van der Waals surface area contributed by atoms with E-state index in [0.717, 1.165) is 4.90 Å². The van der Waals surface area contributed by atoms with Crippen molar-refractivity contribution in [3.63, 3.8) is 0 Å². The molecule has 1 aromatic heterocycles. The number of pyridine rings is 1. The van der Waals surface area contributed by atoms with Gasteiger partial charge in [0.1, 0.15) is 11.9 Å². The number of likely N-dealkylation sites (N-methyl/N-ethyl adjacent to an activating group) is 1. The fourth-order valence-corrected chi connectivity index (χ4v) is 1.54. The van der Waals surface area contributed by atoms with Crippen LogP contribution in [0.5, 0.6) is 0 Å². The lowest BCUT2D eigenvalue weighted by molar-refractivity contribution is -0.136. The zero-order valence-electron chi connectivity index (χ0n) is 8.80. The third-order valence-corrected chi connectivity index (χ3v) is 2.49. The number of hydrogen-bond donors (Lipinski definition) is 2. The van der Waals surface area contributed by atoms with Crippen molar-refractivity contribution in [2.75, 3.05) is 18.1 Å². The number of rotatable bonds is 2. The second-order valence-electron chi connectivity index (χ2n) is 3.67. The maximum absolute atomic E-state index is 11.6. The van der Waals surface area contributed by atoms with Crippen LogP contribution >= 0.6 is 0 Å². The first-order chi connectivity index (χ1) is 7.58. The molecule has 1 aliphatic rings. The average molecular weight is 220 g/mol. The number of nitrogens with two attached hydrogens (primary N) is 1. The Balaban J connectivity index is 2.09. The van der Waals surface area contributed by atoms with Crippen molar-refractivity contribution in [2.24, 2.45) is 0 Å². The van der Waals surface area contributed by atoms with Gasteiger partial charge < -0.3 is 11.1 Å². The van der Waals surface area contributed by atoms with Crippen LogP contribution in [0.2, 0.25) is 0 Å². The van der Waals surface area contributed by atoms with Gasteiger partial charge in [0.05, 0.1) is 18.3 Å². The summed E-state index contributed by atoms with van der Waals surface area (Å²) in [5.41, 5.74) is 6.04. The first-order valence-corrected chi connectivity index (χ1v) is 4.86. The van der Waals surface area contributed by atoms with E-state index in [1.165, 1.54) is 13.2 Å². The van der Waals surface area contributed by atoms with Gasteiger partial charge in [-0.25, -0.2) is 4.98 Å². The molecule has 6 nitrogen and oxygen atoms in total. The number of imide groups is 1. The van der Waals surface area contributed by atoms with Gasteiger partial charge in [-0.3, -0.25) is 14.5 Å². The van der Waals surface area contributed by atoms with Crippen molar-refractivity contribution in [3.05, 3.63) is 18.3 Å². The number of nitrogens with zero attached hydrogens (tertiary/aromatic N) is 2. The summed E-state index contributed by atoms with van der Waals surface area (Å²) < 4.78 is 0. The molecule has 1 unspecified atom stereocenters. The third-order valence-electron chi connectivity index (χ3n) is 2.49. The van der Waals surface area contributed by atoms with Crippen LogP contribution in [0.25, 0.3) is 0 Å². The molecular formula is C10H12N4O2. The minimum Gasteiger partial charge on any atom is -0.397 e. The van der Waals surface area contributed by atoms with E-state index >= 15 is 0 Å².